The number of hydrogen-bond acceptors (Lipinski definition) is 3. The van der Waals surface area contributed by atoms with Gasteiger partial charge in [-0.15, -0.1) is 0 Å². The molecule has 0 aliphatic rings. The van der Waals surface area contributed by atoms with Gasteiger partial charge in [0.15, 0.2) is 0 Å². The first-order valence-corrected chi connectivity index (χ1v) is 2.64. The topological polar surface area (TPSA) is 77.8 Å². The van der Waals surface area contributed by atoms with E-state index in [1.54, 1.807) is 0 Å². The number of carbonyl (C=O) groups is 2. The average molecular weight is 286 g/mol. The van der Waals surface area contributed by atoms with Crippen molar-refractivity contribution in [3.05, 3.63) is 0 Å². The maximum Gasteiger partial charge on any atom is 2.00 e. The van der Waals surface area contributed by atoms with Crippen LogP contribution in [-0.4, -0.2) is 96.1 Å². The zero-order valence-electron chi connectivity index (χ0n) is 8.28. The maximum atomic E-state index is 9.96. The molecule has 62 valence electrons. The SMILES string of the molecule is CN(CC(=O)O)CC(=O)O.[Ba+2].[H-].[H-]. The summed E-state index contributed by atoms with van der Waals surface area (Å²) in [6.07, 6.45) is 0. The monoisotopic (exact) mass is 287 g/mol. The second-order valence-electron chi connectivity index (χ2n) is 1.96. The van der Waals surface area contributed by atoms with E-state index in [9.17, 15) is 9.59 Å². The van der Waals surface area contributed by atoms with Crippen molar-refractivity contribution in [1.29, 1.82) is 0 Å². The van der Waals surface area contributed by atoms with E-state index in [1.807, 2.05) is 0 Å². The Morgan fingerprint density at radius 3 is 1.73 bits per heavy atom. The van der Waals surface area contributed by atoms with Gasteiger partial charge in [0, 0.05) is 0 Å². The Bertz CT molecular complexity index is 141. The van der Waals surface area contributed by atoms with Crippen LogP contribution in [0.1, 0.15) is 2.85 Å². The van der Waals surface area contributed by atoms with Crippen LogP contribution in [0.3, 0.4) is 0 Å². The molecule has 11 heavy (non-hydrogen) atoms. The van der Waals surface area contributed by atoms with Gasteiger partial charge in [0.1, 0.15) is 0 Å². The summed E-state index contributed by atoms with van der Waals surface area (Å²) in [4.78, 5) is 21.1. The molecule has 0 bridgehead atoms. The quantitative estimate of drug-likeness (QED) is 0.644. The zero-order valence-corrected chi connectivity index (χ0v) is 10.7. The number of carboxylic acids is 2. The van der Waals surface area contributed by atoms with Crippen LogP contribution in [0.2, 0.25) is 0 Å². The standard InChI is InChI=1S/C5H9NO4.Ba.2H/c1-6(2-4(7)8)3-5(9)10;;;/h2-3H2,1H3,(H,7,8)(H,9,10);;;/q;+2;2*-1. The number of rotatable bonds is 4. The van der Waals surface area contributed by atoms with Crippen molar-refractivity contribution in [2.75, 3.05) is 20.1 Å². The van der Waals surface area contributed by atoms with E-state index in [1.165, 1.54) is 11.9 Å². The molecule has 0 amide bonds. The number of aliphatic carboxylic acids is 2. The molecular weight excluding hydrogens is 275 g/mol. The van der Waals surface area contributed by atoms with Crippen LogP contribution in [0.15, 0.2) is 0 Å². The van der Waals surface area contributed by atoms with Gasteiger partial charge in [-0.3, -0.25) is 14.5 Å². The number of likely N-dealkylation sites (N-methyl/N-ethyl adjacent to an activating group) is 1. The zero-order chi connectivity index (χ0) is 8.15. The van der Waals surface area contributed by atoms with Crippen molar-refractivity contribution in [2.45, 2.75) is 0 Å². The van der Waals surface area contributed by atoms with Crippen LogP contribution in [0.5, 0.6) is 0 Å². The summed E-state index contributed by atoms with van der Waals surface area (Å²) >= 11 is 0. The van der Waals surface area contributed by atoms with E-state index in [0.29, 0.717) is 0 Å². The van der Waals surface area contributed by atoms with Gasteiger partial charge in [-0.05, 0) is 7.05 Å². The van der Waals surface area contributed by atoms with Crippen LogP contribution in [0.25, 0.3) is 0 Å². The van der Waals surface area contributed by atoms with E-state index >= 15 is 0 Å². The summed E-state index contributed by atoms with van der Waals surface area (Å²) in [6.45, 7) is -0.488. The Morgan fingerprint density at radius 2 is 1.55 bits per heavy atom. The minimum Gasteiger partial charge on any atom is -1.00 e. The molecule has 0 aromatic carbocycles. The predicted octanol–water partition coefficient (Wildman–Crippen LogP) is -1.07. The average Bonchev–Trinajstić information content (AvgIpc) is 1.58. The summed E-state index contributed by atoms with van der Waals surface area (Å²) in [6, 6.07) is 0. The molecule has 0 aromatic rings. The number of hydrogen-bond donors (Lipinski definition) is 2. The van der Waals surface area contributed by atoms with Gasteiger partial charge in [0.25, 0.3) is 0 Å². The van der Waals surface area contributed by atoms with E-state index < -0.39 is 11.9 Å². The molecule has 2 N–H and O–H groups in total. The maximum absolute atomic E-state index is 9.96. The molecule has 6 heteroatoms. The van der Waals surface area contributed by atoms with E-state index in [-0.39, 0.29) is 64.8 Å². The normalized spacial score (nSPS) is 8.91. The van der Waals surface area contributed by atoms with Gasteiger partial charge in [0.05, 0.1) is 13.1 Å². The van der Waals surface area contributed by atoms with Crippen molar-refractivity contribution >= 4 is 60.8 Å². The first-order chi connectivity index (χ1) is 4.52. The minimum atomic E-state index is -1.02. The molecule has 0 fully saturated rings. The van der Waals surface area contributed by atoms with Gasteiger partial charge in [0.2, 0.25) is 0 Å². The van der Waals surface area contributed by atoms with Gasteiger partial charge < -0.3 is 13.1 Å². The second kappa shape index (κ2) is 7.14. The number of carboxylic acid groups (broad SMARTS) is 2. The Morgan fingerprint density at radius 1 is 1.27 bits per heavy atom. The van der Waals surface area contributed by atoms with Crippen LogP contribution in [0, 0.1) is 0 Å². The summed E-state index contributed by atoms with van der Waals surface area (Å²) in [5.41, 5.74) is 0. The molecule has 0 atom stereocenters. The first kappa shape index (κ1) is 14.0. The van der Waals surface area contributed by atoms with E-state index in [4.69, 9.17) is 10.2 Å². The molecular formula is C5H11BaNO4. The van der Waals surface area contributed by atoms with Gasteiger partial charge in [-0.2, -0.15) is 0 Å². The molecule has 0 aliphatic carbocycles. The van der Waals surface area contributed by atoms with Gasteiger partial charge in [-0.1, -0.05) is 0 Å². The summed E-state index contributed by atoms with van der Waals surface area (Å²) in [7, 11) is 1.43. The molecule has 0 spiro atoms. The van der Waals surface area contributed by atoms with Crippen LogP contribution in [-0.2, 0) is 9.59 Å². The van der Waals surface area contributed by atoms with Gasteiger partial charge in [-0.25, -0.2) is 0 Å². The Hall–Kier alpha value is 0.471. The van der Waals surface area contributed by atoms with Crippen LogP contribution in [0.4, 0.5) is 0 Å². The molecule has 0 unspecified atom stereocenters. The third-order valence-corrected chi connectivity index (χ3v) is 0.810. The van der Waals surface area contributed by atoms with Crippen LogP contribution >= 0.6 is 0 Å². The second-order valence-corrected chi connectivity index (χ2v) is 1.96. The fourth-order valence-corrected chi connectivity index (χ4v) is 0.518. The summed E-state index contributed by atoms with van der Waals surface area (Å²) in [5.74, 6) is -2.05. The largest absolute Gasteiger partial charge is 2.00 e. The Balaban J connectivity index is -0.000000135. The Labute approximate surface area is 107 Å². The summed E-state index contributed by atoms with van der Waals surface area (Å²) in [5, 5.41) is 16.3. The Kier molecular flexibility index (Phi) is 9.10. The first-order valence-electron chi connectivity index (χ1n) is 2.64. The molecule has 5 nitrogen and oxygen atoms in total. The molecule has 0 saturated carbocycles. The van der Waals surface area contributed by atoms with Crippen molar-refractivity contribution < 1.29 is 22.7 Å². The smallest absolute Gasteiger partial charge is 1.00 e. The van der Waals surface area contributed by atoms with Crippen molar-refractivity contribution in [3.63, 3.8) is 0 Å². The molecule has 0 aliphatic heterocycles. The molecule has 0 aromatic heterocycles. The molecule has 0 rings (SSSR count). The molecule has 0 heterocycles. The predicted molar refractivity (Wildman–Crippen MR) is 40.7 cm³/mol. The number of nitrogens with zero attached hydrogens (tertiary/aromatic N) is 1. The van der Waals surface area contributed by atoms with Crippen molar-refractivity contribution in [1.82, 2.24) is 4.90 Å². The van der Waals surface area contributed by atoms with E-state index in [0.717, 1.165) is 0 Å². The molecule has 0 saturated heterocycles. The fourth-order valence-electron chi connectivity index (χ4n) is 0.518. The molecule has 0 radical (unpaired) electrons. The minimum absolute atomic E-state index is 0. The van der Waals surface area contributed by atoms with Gasteiger partial charge >= 0.3 is 60.8 Å². The third kappa shape index (κ3) is 10.5. The fraction of sp³-hybridized carbons (Fsp3) is 0.600. The van der Waals surface area contributed by atoms with E-state index in [2.05, 4.69) is 0 Å². The van der Waals surface area contributed by atoms with Crippen molar-refractivity contribution in [3.8, 4) is 0 Å². The summed E-state index contributed by atoms with van der Waals surface area (Å²) < 4.78 is 0. The van der Waals surface area contributed by atoms with Crippen molar-refractivity contribution in [2.24, 2.45) is 0 Å². The van der Waals surface area contributed by atoms with Crippen LogP contribution < -0.4 is 0 Å². The third-order valence-electron chi connectivity index (χ3n) is 0.810.